The van der Waals surface area contributed by atoms with Crippen molar-refractivity contribution < 1.29 is 4.74 Å². The van der Waals surface area contributed by atoms with Gasteiger partial charge in [0, 0.05) is 37.3 Å². The smallest absolute Gasteiger partial charge is 0.118 e. The number of hydrogen-bond donors (Lipinski definition) is 1. The summed E-state index contributed by atoms with van der Waals surface area (Å²) < 4.78 is 5.21. The standard InChI is InChI=1S/C17H29N3O/c1-13(20-11-10-19(4)17(2,3)12-20)16(18)14-6-8-15(21-5)9-7-14/h6-9,13,16H,10-12,18H2,1-5H3. The van der Waals surface area contributed by atoms with E-state index in [1.807, 2.05) is 12.1 Å². The van der Waals surface area contributed by atoms with Crippen molar-refractivity contribution in [3.05, 3.63) is 29.8 Å². The van der Waals surface area contributed by atoms with Gasteiger partial charge < -0.3 is 10.5 Å². The lowest BCUT2D eigenvalue weighted by molar-refractivity contribution is 0.0149. The van der Waals surface area contributed by atoms with Gasteiger partial charge in [0.15, 0.2) is 0 Å². The van der Waals surface area contributed by atoms with Gasteiger partial charge in [-0.3, -0.25) is 9.80 Å². The van der Waals surface area contributed by atoms with Crippen LogP contribution in [-0.2, 0) is 0 Å². The largest absolute Gasteiger partial charge is 0.497 e. The van der Waals surface area contributed by atoms with Gasteiger partial charge in [-0.2, -0.15) is 0 Å². The number of benzene rings is 1. The molecule has 0 saturated carbocycles. The van der Waals surface area contributed by atoms with Crippen molar-refractivity contribution in [1.82, 2.24) is 9.80 Å². The molecule has 1 saturated heterocycles. The second-order valence-corrected chi connectivity index (χ2v) is 6.74. The molecular weight excluding hydrogens is 262 g/mol. The monoisotopic (exact) mass is 291 g/mol. The molecular formula is C17H29N3O. The van der Waals surface area contributed by atoms with Crippen LogP contribution in [0.1, 0.15) is 32.4 Å². The lowest BCUT2D eigenvalue weighted by Crippen LogP contribution is -2.60. The number of ether oxygens (including phenoxy) is 1. The zero-order valence-electron chi connectivity index (χ0n) is 14.0. The maximum atomic E-state index is 6.49. The minimum Gasteiger partial charge on any atom is -0.497 e. The van der Waals surface area contributed by atoms with E-state index < -0.39 is 0 Å². The van der Waals surface area contributed by atoms with E-state index in [2.05, 4.69) is 49.8 Å². The van der Waals surface area contributed by atoms with Crippen LogP contribution in [0.2, 0.25) is 0 Å². The second kappa shape index (κ2) is 6.34. The molecule has 1 aliphatic rings. The van der Waals surface area contributed by atoms with Crippen molar-refractivity contribution in [2.24, 2.45) is 5.73 Å². The van der Waals surface area contributed by atoms with Crippen molar-refractivity contribution >= 4 is 0 Å². The fraction of sp³-hybridized carbons (Fsp3) is 0.647. The van der Waals surface area contributed by atoms with Crippen LogP contribution in [0.25, 0.3) is 0 Å². The third kappa shape index (κ3) is 3.57. The van der Waals surface area contributed by atoms with Gasteiger partial charge >= 0.3 is 0 Å². The van der Waals surface area contributed by atoms with Gasteiger partial charge in [-0.25, -0.2) is 0 Å². The molecule has 1 aliphatic heterocycles. The normalized spacial score (nSPS) is 22.8. The molecule has 0 aliphatic carbocycles. The van der Waals surface area contributed by atoms with Crippen LogP contribution in [0.15, 0.2) is 24.3 Å². The SMILES string of the molecule is COc1ccc(C(N)C(C)N2CCN(C)C(C)(C)C2)cc1. The predicted molar refractivity (Wildman–Crippen MR) is 87.7 cm³/mol. The molecule has 4 nitrogen and oxygen atoms in total. The molecule has 2 unspecified atom stereocenters. The Bertz CT molecular complexity index is 458. The molecule has 1 fully saturated rings. The fourth-order valence-corrected chi connectivity index (χ4v) is 2.96. The van der Waals surface area contributed by atoms with E-state index in [0.717, 1.165) is 25.4 Å². The second-order valence-electron chi connectivity index (χ2n) is 6.74. The number of piperazine rings is 1. The highest BCUT2D eigenvalue weighted by Gasteiger charge is 2.34. The zero-order chi connectivity index (χ0) is 15.6. The maximum Gasteiger partial charge on any atom is 0.118 e. The third-order valence-electron chi connectivity index (χ3n) is 4.94. The van der Waals surface area contributed by atoms with Crippen molar-refractivity contribution in [1.29, 1.82) is 0 Å². The van der Waals surface area contributed by atoms with Gasteiger partial charge in [0.25, 0.3) is 0 Å². The molecule has 0 bridgehead atoms. The average Bonchev–Trinajstić information content (AvgIpc) is 2.48. The molecule has 0 amide bonds. The van der Waals surface area contributed by atoms with E-state index in [1.165, 1.54) is 5.56 Å². The lowest BCUT2D eigenvalue weighted by atomic mass is 9.94. The van der Waals surface area contributed by atoms with E-state index >= 15 is 0 Å². The number of nitrogens with two attached hydrogens (primary N) is 1. The summed E-state index contributed by atoms with van der Waals surface area (Å²) in [5, 5.41) is 0. The van der Waals surface area contributed by atoms with Crippen molar-refractivity contribution in [3.63, 3.8) is 0 Å². The van der Waals surface area contributed by atoms with Crippen molar-refractivity contribution in [2.45, 2.75) is 38.4 Å². The summed E-state index contributed by atoms with van der Waals surface area (Å²) in [5.74, 6) is 0.874. The molecule has 0 radical (unpaired) electrons. The summed E-state index contributed by atoms with van der Waals surface area (Å²) in [6.45, 7) is 10.0. The van der Waals surface area contributed by atoms with Crippen LogP contribution in [-0.4, -0.2) is 55.2 Å². The van der Waals surface area contributed by atoms with Crippen LogP contribution < -0.4 is 10.5 Å². The fourth-order valence-electron chi connectivity index (χ4n) is 2.96. The molecule has 118 valence electrons. The van der Waals surface area contributed by atoms with Gasteiger partial charge in [-0.1, -0.05) is 12.1 Å². The highest BCUT2D eigenvalue weighted by Crippen LogP contribution is 2.26. The zero-order valence-corrected chi connectivity index (χ0v) is 14.0. The Morgan fingerprint density at radius 1 is 1.19 bits per heavy atom. The quantitative estimate of drug-likeness (QED) is 0.922. The Hall–Kier alpha value is -1.10. The first kappa shape index (κ1) is 16.3. The van der Waals surface area contributed by atoms with Crippen LogP contribution in [0.5, 0.6) is 5.75 Å². The summed E-state index contributed by atoms with van der Waals surface area (Å²) in [5.41, 5.74) is 7.86. The molecule has 2 atom stereocenters. The van der Waals surface area contributed by atoms with Crippen LogP contribution in [0, 0.1) is 0 Å². The molecule has 2 rings (SSSR count). The molecule has 0 aromatic heterocycles. The van der Waals surface area contributed by atoms with Crippen molar-refractivity contribution in [2.75, 3.05) is 33.8 Å². The molecule has 2 N–H and O–H groups in total. The van der Waals surface area contributed by atoms with Gasteiger partial charge in [0.2, 0.25) is 0 Å². The van der Waals surface area contributed by atoms with Gasteiger partial charge in [0.1, 0.15) is 5.75 Å². The number of nitrogens with zero attached hydrogens (tertiary/aromatic N) is 2. The number of hydrogen-bond acceptors (Lipinski definition) is 4. The summed E-state index contributed by atoms with van der Waals surface area (Å²) in [6.07, 6.45) is 0. The van der Waals surface area contributed by atoms with Crippen molar-refractivity contribution in [3.8, 4) is 5.75 Å². The van der Waals surface area contributed by atoms with E-state index in [0.29, 0.717) is 6.04 Å². The maximum absolute atomic E-state index is 6.49. The van der Waals surface area contributed by atoms with Crippen LogP contribution >= 0.6 is 0 Å². The minimum absolute atomic E-state index is 0.0233. The number of rotatable bonds is 4. The van der Waals surface area contributed by atoms with Gasteiger partial charge in [-0.05, 0) is 45.5 Å². The average molecular weight is 291 g/mol. The number of methoxy groups -OCH3 is 1. The Kier molecular flexibility index (Phi) is 4.91. The van der Waals surface area contributed by atoms with Gasteiger partial charge in [0.05, 0.1) is 7.11 Å². The summed E-state index contributed by atoms with van der Waals surface area (Å²) in [6, 6.07) is 8.45. The summed E-state index contributed by atoms with van der Waals surface area (Å²) in [7, 11) is 3.88. The minimum atomic E-state index is 0.0233. The van der Waals surface area contributed by atoms with Crippen LogP contribution in [0.3, 0.4) is 0 Å². The summed E-state index contributed by atoms with van der Waals surface area (Å²) in [4.78, 5) is 4.93. The molecule has 1 aromatic carbocycles. The summed E-state index contributed by atoms with van der Waals surface area (Å²) >= 11 is 0. The Balaban J connectivity index is 2.06. The highest BCUT2D eigenvalue weighted by atomic mass is 16.5. The third-order valence-corrected chi connectivity index (χ3v) is 4.94. The van der Waals surface area contributed by atoms with Gasteiger partial charge in [-0.15, -0.1) is 0 Å². The number of likely N-dealkylation sites (N-methyl/N-ethyl adjacent to an activating group) is 1. The van der Waals surface area contributed by atoms with E-state index in [9.17, 15) is 0 Å². The van der Waals surface area contributed by atoms with Crippen LogP contribution in [0.4, 0.5) is 0 Å². The highest BCUT2D eigenvalue weighted by molar-refractivity contribution is 5.29. The Morgan fingerprint density at radius 2 is 1.81 bits per heavy atom. The topological polar surface area (TPSA) is 41.7 Å². The lowest BCUT2D eigenvalue weighted by Gasteiger charge is -2.48. The first-order valence-electron chi connectivity index (χ1n) is 7.70. The molecule has 4 heteroatoms. The molecule has 1 aromatic rings. The first-order chi connectivity index (χ1) is 9.85. The predicted octanol–water partition coefficient (Wildman–Crippen LogP) is 2.11. The molecule has 1 heterocycles. The first-order valence-corrected chi connectivity index (χ1v) is 7.70. The van der Waals surface area contributed by atoms with E-state index in [1.54, 1.807) is 7.11 Å². The molecule has 0 spiro atoms. The Labute approximate surface area is 128 Å². The molecule has 21 heavy (non-hydrogen) atoms. The van der Waals surface area contributed by atoms with E-state index in [-0.39, 0.29) is 11.6 Å². The Morgan fingerprint density at radius 3 is 2.33 bits per heavy atom. The van der Waals surface area contributed by atoms with E-state index in [4.69, 9.17) is 10.5 Å².